The topological polar surface area (TPSA) is 75.6 Å². The van der Waals surface area contributed by atoms with Crippen molar-refractivity contribution in [1.82, 2.24) is 0 Å². The van der Waals surface area contributed by atoms with Gasteiger partial charge in [0.25, 0.3) is 0 Å². The van der Waals surface area contributed by atoms with Crippen LogP contribution in [0.25, 0.3) is 6.08 Å². The van der Waals surface area contributed by atoms with Crippen LogP contribution in [0.2, 0.25) is 0 Å². The highest BCUT2D eigenvalue weighted by molar-refractivity contribution is 6.01. The zero-order valence-corrected chi connectivity index (χ0v) is 12.2. The Morgan fingerprint density at radius 3 is 2.30 bits per heavy atom. The molecule has 0 fully saturated rings. The summed E-state index contributed by atoms with van der Waals surface area (Å²) in [5.74, 6) is -0.302. The van der Waals surface area contributed by atoms with Gasteiger partial charge in [-0.2, -0.15) is 0 Å². The maximum atomic E-state index is 11.8. The van der Waals surface area contributed by atoms with Crippen molar-refractivity contribution in [2.24, 2.45) is 0 Å². The molecule has 5 heteroatoms. The van der Waals surface area contributed by atoms with E-state index in [-0.39, 0.29) is 11.7 Å². The summed E-state index contributed by atoms with van der Waals surface area (Å²) in [4.78, 5) is 22.9. The molecular weight excluding hydrogens is 294 g/mol. The molecule has 0 aliphatic heterocycles. The van der Waals surface area contributed by atoms with E-state index in [0.29, 0.717) is 11.4 Å². The lowest BCUT2D eigenvalue weighted by molar-refractivity contribution is -0.129. The standard InChI is InChI=1S/C18H15NO4/c1-2-18(22)23-16-10-6-14(7-11-16)19-17(21)12-5-13-3-8-15(20)9-4-13/h2-12,20H,1H2,(H,19,21). The summed E-state index contributed by atoms with van der Waals surface area (Å²) in [5.41, 5.74) is 1.37. The molecule has 116 valence electrons. The number of hydrogen-bond acceptors (Lipinski definition) is 4. The summed E-state index contributed by atoms with van der Waals surface area (Å²) in [5, 5.41) is 11.9. The quantitative estimate of drug-likeness (QED) is 0.505. The largest absolute Gasteiger partial charge is 0.508 e. The molecule has 0 aromatic heterocycles. The second kappa shape index (κ2) is 7.61. The van der Waals surface area contributed by atoms with Crippen molar-refractivity contribution in [3.05, 3.63) is 72.8 Å². The molecule has 0 atom stereocenters. The molecule has 2 rings (SSSR count). The van der Waals surface area contributed by atoms with Crippen LogP contribution in [0.4, 0.5) is 5.69 Å². The van der Waals surface area contributed by atoms with E-state index in [1.165, 1.54) is 6.08 Å². The summed E-state index contributed by atoms with van der Waals surface area (Å²) in [7, 11) is 0. The van der Waals surface area contributed by atoms with Gasteiger partial charge in [-0.1, -0.05) is 18.7 Å². The van der Waals surface area contributed by atoms with Gasteiger partial charge in [-0.3, -0.25) is 4.79 Å². The van der Waals surface area contributed by atoms with Gasteiger partial charge in [-0.25, -0.2) is 4.79 Å². The van der Waals surface area contributed by atoms with Crippen molar-refractivity contribution in [2.45, 2.75) is 0 Å². The van der Waals surface area contributed by atoms with E-state index in [0.717, 1.165) is 11.6 Å². The van der Waals surface area contributed by atoms with Crippen molar-refractivity contribution in [1.29, 1.82) is 0 Å². The predicted molar refractivity (Wildman–Crippen MR) is 88.0 cm³/mol. The molecule has 2 aromatic carbocycles. The Hall–Kier alpha value is -3.34. The minimum absolute atomic E-state index is 0.170. The molecule has 0 aliphatic rings. The highest BCUT2D eigenvalue weighted by Crippen LogP contribution is 2.16. The molecule has 1 amide bonds. The number of aromatic hydroxyl groups is 1. The van der Waals surface area contributed by atoms with Crippen LogP contribution in [-0.4, -0.2) is 17.0 Å². The van der Waals surface area contributed by atoms with Crippen LogP contribution in [0.5, 0.6) is 11.5 Å². The highest BCUT2D eigenvalue weighted by atomic mass is 16.5. The van der Waals surface area contributed by atoms with Crippen molar-refractivity contribution >= 4 is 23.6 Å². The fourth-order valence-corrected chi connectivity index (χ4v) is 1.71. The Balaban J connectivity index is 1.93. The Morgan fingerprint density at radius 1 is 1.04 bits per heavy atom. The van der Waals surface area contributed by atoms with Gasteiger partial charge < -0.3 is 15.2 Å². The minimum atomic E-state index is -0.543. The lowest BCUT2D eigenvalue weighted by Crippen LogP contribution is -2.08. The van der Waals surface area contributed by atoms with Crippen LogP contribution in [-0.2, 0) is 9.59 Å². The van der Waals surface area contributed by atoms with Crippen LogP contribution < -0.4 is 10.1 Å². The lowest BCUT2D eigenvalue weighted by atomic mass is 10.2. The van der Waals surface area contributed by atoms with Gasteiger partial charge in [0.1, 0.15) is 11.5 Å². The van der Waals surface area contributed by atoms with Gasteiger partial charge in [0.2, 0.25) is 5.91 Å². The highest BCUT2D eigenvalue weighted by Gasteiger charge is 2.01. The summed E-state index contributed by atoms with van der Waals surface area (Å²) >= 11 is 0. The van der Waals surface area contributed by atoms with E-state index in [1.54, 1.807) is 54.6 Å². The molecule has 23 heavy (non-hydrogen) atoms. The summed E-state index contributed by atoms with van der Waals surface area (Å²) in [6, 6.07) is 12.9. The lowest BCUT2D eigenvalue weighted by Gasteiger charge is -2.04. The van der Waals surface area contributed by atoms with E-state index in [1.807, 2.05) is 0 Å². The van der Waals surface area contributed by atoms with Gasteiger partial charge in [0.05, 0.1) is 0 Å². The number of phenolic OH excluding ortho intramolecular Hbond substituents is 1. The van der Waals surface area contributed by atoms with Crippen LogP contribution in [0.15, 0.2) is 67.3 Å². The van der Waals surface area contributed by atoms with Crippen molar-refractivity contribution in [2.75, 3.05) is 5.32 Å². The zero-order valence-electron chi connectivity index (χ0n) is 12.2. The fraction of sp³-hybridized carbons (Fsp3) is 0. The van der Waals surface area contributed by atoms with E-state index < -0.39 is 5.97 Å². The Morgan fingerprint density at radius 2 is 1.70 bits per heavy atom. The molecule has 5 nitrogen and oxygen atoms in total. The van der Waals surface area contributed by atoms with E-state index in [2.05, 4.69) is 11.9 Å². The summed E-state index contributed by atoms with van der Waals surface area (Å²) < 4.78 is 4.93. The monoisotopic (exact) mass is 309 g/mol. The smallest absolute Gasteiger partial charge is 0.335 e. The third-order valence-electron chi connectivity index (χ3n) is 2.83. The van der Waals surface area contributed by atoms with Crippen LogP contribution in [0.1, 0.15) is 5.56 Å². The zero-order chi connectivity index (χ0) is 16.7. The number of esters is 1. The molecule has 0 aliphatic carbocycles. The number of carbonyl (C=O) groups is 2. The van der Waals surface area contributed by atoms with Gasteiger partial charge in [-0.05, 0) is 48.0 Å². The third-order valence-corrected chi connectivity index (χ3v) is 2.83. The molecule has 0 heterocycles. The molecule has 0 saturated heterocycles. The Kier molecular flexibility index (Phi) is 5.30. The molecule has 0 bridgehead atoms. The maximum Gasteiger partial charge on any atom is 0.335 e. The maximum absolute atomic E-state index is 11.8. The van der Waals surface area contributed by atoms with Crippen molar-refractivity contribution in [3.63, 3.8) is 0 Å². The second-order valence-corrected chi connectivity index (χ2v) is 4.56. The second-order valence-electron chi connectivity index (χ2n) is 4.56. The number of amides is 1. The molecule has 2 aromatic rings. The average Bonchev–Trinajstić information content (AvgIpc) is 2.56. The first-order valence-corrected chi connectivity index (χ1v) is 6.79. The fourth-order valence-electron chi connectivity index (χ4n) is 1.71. The van der Waals surface area contributed by atoms with E-state index >= 15 is 0 Å². The van der Waals surface area contributed by atoms with Crippen molar-refractivity contribution in [3.8, 4) is 11.5 Å². The van der Waals surface area contributed by atoms with Gasteiger partial charge in [-0.15, -0.1) is 0 Å². The predicted octanol–water partition coefficient (Wildman–Crippen LogP) is 3.14. The van der Waals surface area contributed by atoms with Crippen LogP contribution in [0.3, 0.4) is 0 Å². The number of carbonyl (C=O) groups excluding carboxylic acids is 2. The number of nitrogens with one attached hydrogen (secondary N) is 1. The van der Waals surface area contributed by atoms with Gasteiger partial charge in [0, 0.05) is 17.8 Å². The molecule has 0 radical (unpaired) electrons. The molecular formula is C18H15NO4. The van der Waals surface area contributed by atoms with E-state index in [4.69, 9.17) is 4.74 Å². The third kappa shape index (κ3) is 5.17. The van der Waals surface area contributed by atoms with E-state index in [9.17, 15) is 14.7 Å². The van der Waals surface area contributed by atoms with Crippen LogP contribution >= 0.6 is 0 Å². The molecule has 0 unspecified atom stereocenters. The number of hydrogen-bond donors (Lipinski definition) is 2. The molecule has 0 saturated carbocycles. The number of phenols is 1. The Bertz CT molecular complexity index is 731. The summed E-state index contributed by atoms with van der Waals surface area (Å²) in [6.07, 6.45) is 4.09. The van der Waals surface area contributed by atoms with Crippen molar-refractivity contribution < 1.29 is 19.4 Å². The first kappa shape index (κ1) is 16.0. The minimum Gasteiger partial charge on any atom is -0.508 e. The normalized spacial score (nSPS) is 10.3. The number of benzene rings is 2. The number of ether oxygens (including phenoxy) is 1. The van der Waals surface area contributed by atoms with Crippen LogP contribution in [0, 0.1) is 0 Å². The number of rotatable bonds is 5. The van der Waals surface area contributed by atoms with Gasteiger partial charge in [0.15, 0.2) is 0 Å². The summed E-state index contributed by atoms with van der Waals surface area (Å²) in [6.45, 7) is 3.31. The number of anilines is 1. The first-order valence-electron chi connectivity index (χ1n) is 6.79. The first-order chi connectivity index (χ1) is 11.1. The molecule has 2 N–H and O–H groups in total. The molecule has 0 spiro atoms. The Labute approximate surface area is 133 Å². The SMILES string of the molecule is C=CC(=O)Oc1ccc(NC(=O)C=Cc2ccc(O)cc2)cc1. The van der Waals surface area contributed by atoms with Gasteiger partial charge >= 0.3 is 5.97 Å². The average molecular weight is 309 g/mol.